The van der Waals surface area contributed by atoms with Crippen LogP contribution >= 0.6 is 0 Å². The zero-order chi connectivity index (χ0) is 14.9. The number of carbonyl (C=O) groups excluding carboxylic acids is 1. The molecule has 0 spiro atoms. The van der Waals surface area contributed by atoms with E-state index >= 15 is 0 Å². The number of carbonyl (C=O) groups is 1. The second-order valence-corrected chi connectivity index (χ2v) is 5.82. The van der Waals surface area contributed by atoms with Crippen LogP contribution in [0.5, 0.6) is 0 Å². The minimum Gasteiger partial charge on any atom is -0.325 e. The van der Waals surface area contributed by atoms with Crippen molar-refractivity contribution in [1.29, 1.82) is 0 Å². The summed E-state index contributed by atoms with van der Waals surface area (Å²) in [6, 6.07) is 20.4. The van der Waals surface area contributed by atoms with Crippen molar-refractivity contribution in [2.24, 2.45) is 0 Å². The Morgan fingerprint density at radius 1 is 0.864 bits per heavy atom. The third kappa shape index (κ3) is 2.27. The molecule has 3 aromatic rings. The quantitative estimate of drug-likeness (QED) is 0.771. The second-order valence-electron chi connectivity index (χ2n) is 5.82. The molecule has 0 aliphatic heterocycles. The van der Waals surface area contributed by atoms with E-state index in [0.717, 1.165) is 29.5 Å². The number of benzene rings is 3. The predicted molar refractivity (Wildman–Crippen MR) is 90.1 cm³/mol. The van der Waals surface area contributed by atoms with Crippen LogP contribution < -0.4 is 5.32 Å². The van der Waals surface area contributed by atoms with Crippen LogP contribution in [0.1, 0.15) is 16.7 Å². The van der Waals surface area contributed by atoms with Crippen LogP contribution in [-0.4, -0.2) is 5.91 Å². The Balaban J connectivity index is 1.64. The fourth-order valence-electron chi connectivity index (χ4n) is 3.33. The summed E-state index contributed by atoms with van der Waals surface area (Å²) in [6.45, 7) is 0. The summed E-state index contributed by atoms with van der Waals surface area (Å²) >= 11 is 0. The average molecular weight is 287 g/mol. The van der Waals surface area contributed by atoms with E-state index in [1.807, 2.05) is 36.4 Å². The molecule has 0 bridgehead atoms. The lowest BCUT2D eigenvalue weighted by atomic mass is 10.0. The number of hydrogen-bond donors (Lipinski definition) is 1. The van der Waals surface area contributed by atoms with Gasteiger partial charge in [-0.1, -0.05) is 54.6 Å². The summed E-state index contributed by atoms with van der Waals surface area (Å²) in [4.78, 5) is 12.3. The molecule has 1 amide bonds. The molecule has 0 fully saturated rings. The number of aryl methyl sites for hydroxylation is 2. The normalized spacial score (nSPS) is 12.5. The standard InChI is InChI=1S/C20H17NO/c22-19(13-14-5-2-1-3-6-14)21-18-12-11-16-10-9-15-7-4-8-17(18)20(15)16/h1-8,11-12H,9-10,13H2,(H,21,22). The molecule has 3 aromatic carbocycles. The number of amides is 1. The van der Waals surface area contributed by atoms with Crippen molar-refractivity contribution in [2.45, 2.75) is 19.3 Å². The lowest BCUT2D eigenvalue weighted by Gasteiger charge is -2.10. The lowest BCUT2D eigenvalue weighted by molar-refractivity contribution is -0.115. The van der Waals surface area contributed by atoms with Gasteiger partial charge in [0, 0.05) is 11.1 Å². The van der Waals surface area contributed by atoms with E-state index in [2.05, 4.69) is 29.6 Å². The van der Waals surface area contributed by atoms with Crippen LogP contribution in [0.4, 0.5) is 5.69 Å². The Bertz CT molecular complexity index is 842. The summed E-state index contributed by atoms with van der Waals surface area (Å²) in [7, 11) is 0. The molecule has 0 unspecified atom stereocenters. The third-order valence-electron chi connectivity index (χ3n) is 4.36. The zero-order valence-electron chi connectivity index (χ0n) is 12.3. The molecule has 0 heterocycles. The van der Waals surface area contributed by atoms with E-state index in [4.69, 9.17) is 0 Å². The van der Waals surface area contributed by atoms with Gasteiger partial charge in [0.25, 0.3) is 0 Å². The van der Waals surface area contributed by atoms with Gasteiger partial charge in [0.15, 0.2) is 0 Å². The van der Waals surface area contributed by atoms with Gasteiger partial charge < -0.3 is 5.32 Å². The van der Waals surface area contributed by atoms with E-state index < -0.39 is 0 Å². The van der Waals surface area contributed by atoms with Gasteiger partial charge in [0.05, 0.1) is 6.42 Å². The first kappa shape index (κ1) is 13.1. The van der Waals surface area contributed by atoms with Gasteiger partial charge >= 0.3 is 0 Å². The molecule has 2 nitrogen and oxygen atoms in total. The summed E-state index contributed by atoms with van der Waals surface area (Å²) in [6.07, 6.45) is 2.62. The van der Waals surface area contributed by atoms with Crippen molar-refractivity contribution in [2.75, 3.05) is 5.32 Å². The summed E-state index contributed by atoms with van der Waals surface area (Å²) < 4.78 is 0. The van der Waals surface area contributed by atoms with Gasteiger partial charge in [-0.25, -0.2) is 0 Å². The van der Waals surface area contributed by atoms with Gasteiger partial charge in [-0.2, -0.15) is 0 Å². The van der Waals surface area contributed by atoms with Crippen molar-refractivity contribution in [3.63, 3.8) is 0 Å². The van der Waals surface area contributed by atoms with Crippen molar-refractivity contribution in [3.05, 3.63) is 77.4 Å². The Morgan fingerprint density at radius 3 is 2.45 bits per heavy atom. The second kappa shape index (κ2) is 5.30. The van der Waals surface area contributed by atoms with Crippen LogP contribution in [0, 0.1) is 0 Å². The van der Waals surface area contributed by atoms with E-state index in [-0.39, 0.29) is 5.91 Å². The van der Waals surface area contributed by atoms with Crippen LogP contribution in [0.2, 0.25) is 0 Å². The Morgan fingerprint density at radius 2 is 1.64 bits per heavy atom. The molecular weight excluding hydrogens is 270 g/mol. The Labute approximate surface area is 129 Å². The molecule has 108 valence electrons. The van der Waals surface area contributed by atoms with Crippen molar-refractivity contribution in [1.82, 2.24) is 0 Å². The van der Waals surface area contributed by atoms with Gasteiger partial charge in [-0.3, -0.25) is 4.79 Å². The summed E-state index contributed by atoms with van der Waals surface area (Å²) in [5, 5.41) is 5.57. The molecule has 4 rings (SSSR count). The fraction of sp³-hybridized carbons (Fsp3) is 0.150. The highest BCUT2D eigenvalue weighted by atomic mass is 16.1. The number of rotatable bonds is 3. The Hall–Kier alpha value is -2.61. The minimum absolute atomic E-state index is 0.0323. The van der Waals surface area contributed by atoms with Crippen molar-refractivity contribution in [3.8, 4) is 0 Å². The van der Waals surface area contributed by atoms with Gasteiger partial charge in [0.1, 0.15) is 0 Å². The number of nitrogens with one attached hydrogen (secondary N) is 1. The highest BCUT2D eigenvalue weighted by molar-refractivity contribution is 6.05. The molecular formula is C20H17NO. The first-order valence-electron chi connectivity index (χ1n) is 7.68. The number of anilines is 1. The van der Waals surface area contributed by atoms with E-state index in [1.54, 1.807) is 0 Å². The lowest BCUT2D eigenvalue weighted by Crippen LogP contribution is -2.14. The van der Waals surface area contributed by atoms with Crippen molar-refractivity contribution < 1.29 is 4.79 Å². The molecule has 0 atom stereocenters. The molecule has 1 aliphatic rings. The average Bonchev–Trinajstić information content (AvgIpc) is 2.96. The molecule has 0 saturated heterocycles. The minimum atomic E-state index is 0.0323. The largest absolute Gasteiger partial charge is 0.325 e. The molecule has 1 N–H and O–H groups in total. The topological polar surface area (TPSA) is 29.1 Å². The molecule has 0 radical (unpaired) electrons. The van der Waals surface area contributed by atoms with Crippen LogP contribution in [-0.2, 0) is 24.1 Å². The Kier molecular flexibility index (Phi) is 3.15. The van der Waals surface area contributed by atoms with Gasteiger partial charge in [0.2, 0.25) is 5.91 Å². The fourth-order valence-corrected chi connectivity index (χ4v) is 3.33. The molecule has 0 aromatic heterocycles. The maximum Gasteiger partial charge on any atom is 0.228 e. The monoisotopic (exact) mass is 287 g/mol. The van der Waals surface area contributed by atoms with Crippen LogP contribution in [0.25, 0.3) is 10.8 Å². The van der Waals surface area contributed by atoms with Crippen LogP contribution in [0.15, 0.2) is 60.7 Å². The van der Waals surface area contributed by atoms with E-state index in [9.17, 15) is 4.79 Å². The molecule has 1 aliphatic carbocycles. The summed E-state index contributed by atoms with van der Waals surface area (Å²) in [5.41, 5.74) is 4.74. The van der Waals surface area contributed by atoms with Crippen molar-refractivity contribution >= 4 is 22.4 Å². The molecule has 22 heavy (non-hydrogen) atoms. The smallest absolute Gasteiger partial charge is 0.228 e. The first-order chi connectivity index (χ1) is 10.8. The first-order valence-corrected chi connectivity index (χ1v) is 7.68. The van der Waals surface area contributed by atoms with Crippen LogP contribution in [0.3, 0.4) is 0 Å². The van der Waals surface area contributed by atoms with Gasteiger partial charge in [-0.15, -0.1) is 0 Å². The zero-order valence-corrected chi connectivity index (χ0v) is 12.3. The summed E-state index contributed by atoms with van der Waals surface area (Å²) in [5.74, 6) is 0.0323. The molecule has 2 heteroatoms. The SMILES string of the molecule is O=C(Cc1ccccc1)Nc1ccc2c3c(cccc13)CC2. The maximum atomic E-state index is 12.3. The highest BCUT2D eigenvalue weighted by Crippen LogP contribution is 2.34. The maximum absolute atomic E-state index is 12.3. The molecule has 0 saturated carbocycles. The number of hydrogen-bond acceptors (Lipinski definition) is 1. The predicted octanol–water partition coefficient (Wildman–Crippen LogP) is 4.12. The van der Waals surface area contributed by atoms with E-state index in [1.165, 1.54) is 16.5 Å². The third-order valence-corrected chi connectivity index (χ3v) is 4.36. The van der Waals surface area contributed by atoms with Gasteiger partial charge in [-0.05, 0) is 41.0 Å². The van der Waals surface area contributed by atoms with E-state index in [0.29, 0.717) is 6.42 Å². The highest BCUT2D eigenvalue weighted by Gasteiger charge is 2.16.